The van der Waals surface area contributed by atoms with Gasteiger partial charge in [0.15, 0.2) is 0 Å². The van der Waals surface area contributed by atoms with Crippen LogP contribution in [0.25, 0.3) is 11.0 Å². The molecular weight excluding hydrogens is 414 g/mol. The minimum absolute atomic E-state index is 0.187. The standard InChI is InChI=1S/C19H28F2N6O2S/c1-12-8-13-9-22-19(23-16-4-7-26(11-14(16)20)30(3,28)29)24-18(13)27(12)17-5-6-25(2)10-15(17)21/h8-9,14-17H,4-7,10-11H2,1-3H3,(H,22,23,24)/t14-,15-,16-,17+/m1/s1. The minimum atomic E-state index is -3.42. The van der Waals surface area contributed by atoms with E-state index in [2.05, 4.69) is 15.3 Å². The van der Waals surface area contributed by atoms with Gasteiger partial charge in [-0.2, -0.15) is 9.29 Å². The van der Waals surface area contributed by atoms with Crippen LogP contribution >= 0.6 is 0 Å². The summed E-state index contributed by atoms with van der Waals surface area (Å²) >= 11 is 0. The number of likely N-dealkylation sites (tertiary alicyclic amines) is 1. The molecule has 2 aliphatic heterocycles. The second-order valence-corrected chi connectivity index (χ2v) is 10.4. The Labute approximate surface area is 175 Å². The van der Waals surface area contributed by atoms with E-state index in [-0.39, 0.29) is 25.1 Å². The van der Waals surface area contributed by atoms with Crippen LogP contribution in [0.2, 0.25) is 0 Å². The molecular formula is C19H28F2N6O2S. The molecule has 0 spiro atoms. The van der Waals surface area contributed by atoms with Gasteiger partial charge in [0.1, 0.15) is 18.0 Å². The van der Waals surface area contributed by atoms with E-state index in [4.69, 9.17) is 0 Å². The van der Waals surface area contributed by atoms with E-state index in [1.165, 1.54) is 0 Å². The normalized spacial score (nSPS) is 29.4. The van der Waals surface area contributed by atoms with Crippen LogP contribution in [-0.2, 0) is 10.0 Å². The van der Waals surface area contributed by atoms with Gasteiger partial charge in [-0.1, -0.05) is 0 Å². The van der Waals surface area contributed by atoms with Crippen LogP contribution in [-0.4, -0.2) is 90.0 Å². The van der Waals surface area contributed by atoms with Gasteiger partial charge >= 0.3 is 0 Å². The highest BCUT2D eigenvalue weighted by Gasteiger charge is 2.34. The molecule has 0 radical (unpaired) electrons. The van der Waals surface area contributed by atoms with Gasteiger partial charge in [-0.15, -0.1) is 0 Å². The average Bonchev–Trinajstić information content (AvgIpc) is 2.98. The number of halogens is 2. The molecule has 30 heavy (non-hydrogen) atoms. The fraction of sp³-hybridized carbons (Fsp3) is 0.684. The van der Waals surface area contributed by atoms with Gasteiger partial charge in [-0.05, 0) is 32.9 Å². The average molecular weight is 443 g/mol. The fourth-order valence-corrected chi connectivity index (χ4v) is 5.32. The van der Waals surface area contributed by atoms with Crippen molar-refractivity contribution in [2.45, 2.75) is 44.2 Å². The Balaban J connectivity index is 1.57. The summed E-state index contributed by atoms with van der Waals surface area (Å²) in [4.78, 5) is 10.9. The first kappa shape index (κ1) is 21.4. The molecule has 4 atom stereocenters. The third-order valence-electron chi connectivity index (χ3n) is 6.10. The van der Waals surface area contributed by atoms with E-state index in [0.717, 1.165) is 28.2 Å². The molecule has 2 aromatic heterocycles. The quantitative estimate of drug-likeness (QED) is 0.777. The SMILES string of the molecule is Cc1cc2cnc(N[C@@H]3CCN(S(C)(=O)=O)C[C@H]3F)nc2n1[C@H]1CCN(C)C[C@H]1F. The van der Waals surface area contributed by atoms with Crippen molar-refractivity contribution in [1.82, 2.24) is 23.7 Å². The number of anilines is 1. The zero-order valence-electron chi connectivity index (χ0n) is 17.4. The number of nitrogens with zero attached hydrogens (tertiary/aromatic N) is 5. The summed E-state index contributed by atoms with van der Waals surface area (Å²) in [6.07, 6.45) is 1.38. The van der Waals surface area contributed by atoms with Crippen LogP contribution in [0.15, 0.2) is 12.3 Å². The fourth-order valence-electron chi connectivity index (χ4n) is 4.47. The number of alkyl halides is 2. The summed E-state index contributed by atoms with van der Waals surface area (Å²) in [6.45, 7) is 3.17. The summed E-state index contributed by atoms with van der Waals surface area (Å²) < 4.78 is 55.8. The van der Waals surface area contributed by atoms with Crippen molar-refractivity contribution in [3.63, 3.8) is 0 Å². The number of hydrogen-bond acceptors (Lipinski definition) is 6. The number of aryl methyl sites for hydroxylation is 1. The van der Waals surface area contributed by atoms with E-state index < -0.39 is 28.4 Å². The van der Waals surface area contributed by atoms with E-state index in [1.807, 2.05) is 29.5 Å². The first-order valence-corrected chi connectivity index (χ1v) is 12.0. The Morgan fingerprint density at radius 3 is 2.60 bits per heavy atom. The molecule has 0 saturated carbocycles. The van der Waals surface area contributed by atoms with Crippen LogP contribution < -0.4 is 5.32 Å². The molecule has 2 aliphatic rings. The van der Waals surface area contributed by atoms with Crippen molar-refractivity contribution < 1.29 is 17.2 Å². The molecule has 0 bridgehead atoms. The second kappa shape index (κ2) is 8.01. The van der Waals surface area contributed by atoms with Crippen molar-refractivity contribution in [2.75, 3.05) is 44.8 Å². The van der Waals surface area contributed by atoms with Crippen LogP contribution in [0.1, 0.15) is 24.6 Å². The van der Waals surface area contributed by atoms with Gasteiger partial charge in [0.25, 0.3) is 0 Å². The van der Waals surface area contributed by atoms with Crippen molar-refractivity contribution in [3.05, 3.63) is 18.0 Å². The molecule has 11 heteroatoms. The molecule has 8 nitrogen and oxygen atoms in total. The third-order valence-corrected chi connectivity index (χ3v) is 7.37. The lowest BCUT2D eigenvalue weighted by atomic mass is 10.0. The molecule has 2 saturated heterocycles. The Kier molecular flexibility index (Phi) is 5.71. The van der Waals surface area contributed by atoms with Crippen LogP contribution in [0.3, 0.4) is 0 Å². The highest BCUT2D eigenvalue weighted by molar-refractivity contribution is 7.88. The lowest BCUT2D eigenvalue weighted by Gasteiger charge is -2.34. The molecule has 0 amide bonds. The van der Waals surface area contributed by atoms with Gasteiger partial charge < -0.3 is 14.8 Å². The van der Waals surface area contributed by atoms with Crippen LogP contribution in [0.5, 0.6) is 0 Å². The third kappa shape index (κ3) is 4.15. The zero-order valence-corrected chi connectivity index (χ0v) is 18.2. The summed E-state index contributed by atoms with van der Waals surface area (Å²) in [7, 11) is -1.50. The van der Waals surface area contributed by atoms with E-state index in [1.54, 1.807) is 6.20 Å². The van der Waals surface area contributed by atoms with Crippen molar-refractivity contribution >= 4 is 27.0 Å². The highest BCUT2D eigenvalue weighted by Crippen LogP contribution is 2.31. The van der Waals surface area contributed by atoms with Gasteiger partial charge in [0, 0.05) is 43.5 Å². The molecule has 2 fully saturated rings. The Morgan fingerprint density at radius 2 is 1.93 bits per heavy atom. The highest BCUT2D eigenvalue weighted by atomic mass is 32.2. The van der Waals surface area contributed by atoms with Crippen molar-refractivity contribution in [1.29, 1.82) is 0 Å². The maximum absolute atomic E-state index is 14.8. The van der Waals surface area contributed by atoms with Gasteiger partial charge in [0.05, 0.1) is 18.3 Å². The molecule has 0 unspecified atom stereocenters. The topological polar surface area (TPSA) is 83.4 Å². The lowest BCUT2D eigenvalue weighted by molar-refractivity contribution is 0.108. The predicted octanol–water partition coefficient (Wildman–Crippen LogP) is 1.74. The van der Waals surface area contributed by atoms with Gasteiger partial charge in [0.2, 0.25) is 16.0 Å². The summed E-state index contributed by atoms with van der Waals surface area (Å²) in [5.74, 6) is 0.269. The number of aromatic nitrogens is 3. The molecule has 0 aliphatic carbocycles. The predicted molar refractivity (Wildman–Crippen MR) is 112 cm³/mol. The first-order chi connectivity index (χ1) is 14.1. The van der Waals surface area contributed by atoms with E-state index in [0.29, 0.717) is 25.0 Å². The first-order valence-electron chi connectivity index (χ1n) is 10.2. The zero-order chi connectivity index (χ0) is 21.6. The minimum Gasteiger partial charge on any atom is -0.348 e. The monoisotopic (exact) mass is 442 g/mol. The summed E-state index contributed by atoms with van der Waals surface area (Å²) in [6, 6.07) is 1.06. The Bertz CT molecular complexity index is 1030. The molecule has 4 heterocycles. The largest absolute Gasteiger partial charge is 0.348 e. The van der Waals surface area contributed by atoms with Crippen molar-refractivity contribution in [2.24, 2.45) is 0 Å². The van der Waals surface area contributed by atoms with Gasteiger partial charge in [-0.25, -0.2) is 22.2 Å². The maximum Gasteiger partial charge on any atom is 0.224 e. The molecule has 4 rings (SSSR count). The Hall–Kier alpha value is -1.85. The maximum atomic E-state index is 14.8. The van der Waals surface area contributed by atoms with Crippen LogP contribution in [0.4, 0.5) is 14.7 Å². The van der Waals surface area contributed by atoms with Crippen molar-refractivity contribution in [3.8, 4) is 0 Å². The number of fused-ring (bicyclic) bond motifs is 1. The van der Waals surface area contributed by atoms with Crippen LogP contribution in [0, 0.1) is 6.92 Å². The lowest BCUT2D eigenvalue weighted by Crippen LogP contribution is -2.49. The smallest absolute Gasteiger partial charge is 0.224 e. The Morgan fingerprint density at radius 1 is 1.17 bits per heavy atom. The molecule has 1 N–H and O–H groups in total. The molecule has 0 aromatic carbocycles. The second-order valence-electron chi connectivity index (χ2n) is 8.44. The van der Waals surface area contributed by atoms with E-state index in [9.17, 15) is 17.2 Å². The number of piperidine rings is 2. The van der Waals surface area contributed by atoms with Gasteiger partial charge in [-0.3, -0.25) is 0 Å². The number of nitrogens with one attached hydrogen (secondary N) is 1. The number of rotatable bonds is 4. The molecule has 2 aromatic rings. The number of hydrogen-bond donors (Lipinski definition) is 1. The van der Waals surface area contributed by atoms with E-state index >= 15 is 0 Å². The summed E-state index contributed by atoms with van der Waals surface area (Å²) in [5, 5.41) is 3.83. The number of sulfonamides is 1. The molecule has 166 valence electrons. The summed E-state index contributed by atoms with van der Waals surface area (Å²) in [5.41, 5.74) is 1.55.